The van der Waals surface area contributed by atoms with E-state index in [1.165, 1.54) is 0 Å². The Labute approximate surface area is 94.4 Å². The lowest BCUT2D eigenvalue weighted by Crippen LogP contribution is -2.13. The Hall–Kier alpha value is -0.800. The van der Waals surface area contributed by atoms with E-state index in [4.69, 9.17) is 16.3 Å². The summed E-state index contributed by atoms with van der Waals surface area (Å²) in [5.74, 6) is 0.693. The lowest BCUT2D eigenvalue weighted by atomic mass is 10.2. The third-order valence-corrected chi connectivity index (χ3v) is 2.16. The average molecular weight is 232 g/mol. The van der Waals surface area contributed by atoms with Gasteiger partial charge in [0.2, 0.25) is 0 Å². The highest BCUT2D eigenvalue weighted by Crippen LogP contribution is 2.22. The van der Waals surface area contributed by atoms with Crippen LogP contribution in [0.15, 0.2) is 18.2 Å². The van der Waals surface area contributed by atoms with Crippen molar-refractivity contribution in [1.29, 1.82) is 0 Å². The van der Waals surface area contributed by atoms with Gasteiger partial charge in [-0.2, -0.15) is 0 Å². The second-order valence-corrected chi connectivity index (χ2v) is 3.51. The summed E-state index contributed by atoms with van der Waals surface area (Å²) in [5, 5.41) is 3.84. The number of halogens is 2. The highest BCUT2D eigenvalue weighted by molar-refractivity contribution is 6.30. The summed E-state index contributed by atoms with van der Waals surface area (Å²) in [5.41, 5.74) is 0.956. The lowest BCUT2D eigenvalue weighted by Gasteiger charge is -2.11. The van der Waals surface area contributed by atoms with Crippen molar-refractivity contribution in [3.8, 4) is 5.75 Å². The molecule has 0 heterocycles. The maximum absolute atomic E-state index is 12.0. The van der Waals surface area contributed by atoms with Crippen molar-refractivity contribution in [3.05, 3.63) is 28.8 Å². The summed E-state index contributed by atoms with van der Waals surface area (Å²) in [6, 6.07) is 5.34. The van der Waals surface area contributed by atoms with Gasteiger partial charge in [0.25, 0.3) is 0 Å². The van der Waals surface area contributed by atoms with E-state index in [1.807, 2.05) is 13.0 Å². The Morgan fingerprint density at radius 3 is 2.93 bits per heavy atom. The Bertz CT molecular complexity index is 307. The molecule has 0 fully saturated rings. The molecular weight excluding hydrogens is 217 g/mol. The fourth-order valence-electron chi connectivity index (χ4n) is 1.24. The molecule has 0 aliphatic carbocycles. The van der Waals surface area contributed by atoms with E-state index in [1.54, 1.807) is 12.1 Å². The summed E-state index contributed by atoms with van der Waals surface area (Å²) in [7, 11) is 0. The number of alkyl halides is 1. The van der Waals surface area contributed by atoms with E-state index in [0.717, 1.165) is 12.1 Å². The number of hydrogen-bond donors (Lipinski definition) is 1. The molecular formula is C11H15ClFNO. The smallest absolute Gasteiger partial charge is 0.124 e. The van der Waals surface area contributed by atoms with Gasteiger partial charge in [-0.3, -0.25) is 0 Å². The predicted molar refractivity (Wildman–Crippen MR) is 60.3 cm³/mol. The molecule has 0 spiro atoms. The summed E-state index contributed by atoms with van der Waals surface area (Å²) < 4.78 is 17.2. The van der Waals surface area contributed by atoms with Crippen LogP contribution in [-0.2, 0) is 6.54 Å². The molecule has 0 unspecified atom stereocenters. The van der Waals surface area contributed by atoms with Crippen molar-refractivity contribution in [3.63, 3.8) is 0 Å². The van der Waals surface area contributed by atoms with Gasteiger partial charge in [-0.05, 0) is 24.7 Å². The molecule has 15 heavy (non-hydrogen) atoms. The van der Waals surface area contributed by atoms with Gasteiger partial charge in [0.05, 0.1) is 0 Å². The van der Waals surface area contributed by atoms with Gasteiger partial charge in [-0.1, -0.05) is 18.5 Å². The van der Waals surface area contributed by atoms with Crippen molar-refractivity contribution in [1.82, 2.24) is 5.32 Å². The highest BCUT2D eigenvalue weighted by atomic mass is 35.5. The molecule has 0 aliphatic heterocycles. The topological polar surface area (TPSA) is 21.3 Å². The second kappa shape index (κ2) is 6.64. The van der Waals surface area contributed by atoms with Gasteiger partial charge < -0.3 is 10.1 Å². The molecule has 0 aliphatic rings. The van der Waals surface area contributed by atoms with Crippen molar-refractivity contribution >= 4 is 11.6 Å². The van der Waals surface area contributed by atoms with Gasteiger partial charge in [0.1, 0.15) is 19.0 Å². The molecule has 1 aromatic rings. The molecule has 0 atom stereocenters. The molecule has 1 rings (SSSR count). The second-order valence-electron chi connectivity index (χ2n) is 3.07. The zero-order valence-corrected chi connectivity index (χ0v) is 9.48. The van der Waals surface area contributed by atoms with E-state index in [2.05, 4.69) is 5.32 Å². The van der Waals surface area contributed by atoms with Crippen molar-refractivity contribution in [2.45, 2.75) is 13.5 Å². The molecule has 1 N–H and O–H groups in total. The molecule has 0 saturated heterocycles. The van der Waals surface area contributed by atoms with E-state index < -0.39 is 6.67 Å². The first-order valence-corrected chi connectivity index (χ1v) is 5.33. The fourth-order valence-corrected chi connectivity index (χ4v) is 1.43. The van der Waals surface area contributed by atoms with Crippen molar-refractivity contribution < 1.29 is 9.13 Å². The minimum Gasteiger partial charge on any atom is -0.491 e. The third-order valence-electron chi connectivity index (χ3n) is 1.92. The molecule has 2 nitrogen and oxygen atoms in total. The molecule has 84 valence electrons. The SMILES string of the molecule is CCNCc1cc(Cl)ccc1OCCF. The van der Waals surface area contributed by atoms with Crippen LogP contribution in [-0.4, -0.2) is 19.8 Å². The Kier molecular flexibility index (Phi) is 5.43. The molecule has 0 amide bonds. The van der Waals surface area contributed by atoms with Crippen LogP contribution < -0.4 is 10.1 Å². The van der Waals surface area contributed by atoms with E-state index >= 15 is 0 Å². The molecule has 0 bridgehead atoms. The molecule has 1 aromatic carbocycles. The standard InChI is InChI=1S/C11H15ClFNO/c1-2-14-8-9-7-10(12)3-4-11(9)15-6-5-13/h3-4,7,14H,2,5-6,8H2,1H3. The number of rotatable bonds is 6. The zero-order valence-electron chi connectivity index (χ0n) is 8.72. The molecule has 0 saturated carbocycles. The molecule has 0 aromatic heterocycles. The van der Waals surface area contributed by atoms with Gasteiger partial charge in [0, 0.05) is 17.1 Å². The van der Waals surface area contributed by atoms with Crippen LogP contribution in [0.4, 0.5) is 4.39 Å². The van der Waals surface area contributed by atoms with Gasteiger partial charge in [-0.25, -0.2) is 4.39 Å². The number of nitrogens with one attached hydrogen (secondary N) is 1. The van der Waals surface area contributed by atoms with Crippen LogP contribution in [0.3, 0.4) is 0 Å². The first-order chi connectivity index (χ1) is 7.27. The van der Waals surface area contributed by atoms with E-state index in [9.17, 15) is 4.39 Å². The normalized spacial score (nSPS) is 10.3. The van der Waals surface area contributed by atoms with Crippen LogP contribution in [0.5, 0.6) is 5.75 Å². The van der Waals surface area contributed by atoms with Crippen LogP contribution in [0.1, 0.15) is 12.5 Å². The predicted octanol–water partition coefficient (Wildman–Crippen LogP) is 2.80. The largest absolute Gasteiger partial charge is 0.491 e. The first kappa shape index (κ1) is 12.3. The summed E-state index contributed by atoms with van der Waals surface area (Å²) in [6.07, 6.45) is 0. The number of hydrogen-bond acceptors (Lipinski definition) is 2. The summed E-state index contributed by atoms with van der Waals surface area (Å²) in [4.78, 5) is 0. The minimum absolute atomic E-state index is 0.0841. The zero-order chi connectivity index (χ0) is 11.1. The number of benzene rings is 1. The summed E-state index contributed by atoms with van der Waals surface area (Å²) >= 11 is 5.87. The van der Waals surface area contributed by atoms with E-state index in [0.29, 0.717) is 17.3 Å². The van der Waals surface area contributed by atoms with Gasteiger partial charge >= 0.3 is 0 Å². The fraction of sp³-hybridized carbons (Fsp3) is 0.455. The Balaban J connectivity index is 2.73. The maximum atomic E-state index is 12.0. The van der Waals surface area contributed by atoms with Crippen LogP contribution in [0, 0.1) is 0 Å². The van der Waals surface area contributed by atoms with Gasteiger partial charge in [-0.15, -0.1) is 0 Å². The third kappa shape index (κ3) is 4.06. The molecule has 4 heteroatoms. The van der Waals surface area contributed by atoms with Crippen LogP contribution >= 0.6 is 11.6 Å². The van der Waals surface area contributed by atoms with E-state index in [-0.39, 0.29) is 6.61 Å². The Morgan fingerprint density at radius 1 is 1.47 bits per heavy atom. The van der Waals surface area contributed by atoms with Crippen molar-refractivity contribution in [2.24, 2.45) is 0 Å². The van der Waals surface area contributed by atoms with Crippen molar-refractivity contribution in [2.75, 3.05) is 19.8 Å². The van der Waals surface area contributed by atoms with Gasteiger partial charge in [0.15, 0.2) is 0 Å². The number of ether oxygens (including phenoxy) is 1. The molecule has 0 radical (unpaired) electrons. The van der Waals surface area contributed by atoms with Crippen LogP contribution in [0.25, 0.3) is 0 Å². The average Bonchev–Trinajstić information content (AvgIpc) is 2.25. The minimum atomic E-state index is -0.483. The monoisotopic (exact) mass is 231 g/mol. The highest BCUT2D eigenvalue weighted by Gasteiger charge is 2.04. The summed E-state index contributed by atoms with van der Waals surface area (Å²) in [6.45, 7) is 3.17. The Morgan fingerprint density at radius 2 is 2.27 bits per heavy atom. The lowest BCUT2D eigenvalue weighted by molar-refractivity contribution is 0.270. The van der Waals surface area contributed by atoms with Crippen LogP contribution in [0.2, 0.25) is 5.02 Å². The quantitative estimate of drug-likeness (QED) is 0.813. The first-order valence-electron chi connectivity index (χ1n) is 4.95. The maximum Gasteiger partial charge on any atom is 0.124 e.